The number of hydrogen-bond donors (Lipinski definition) is 0. The molecule has 0 radical (unpaired) electrons. The molecule has 1 aromatic heterocycles. The summed E-state index contributed by atoms with van der Waals surface area (Å²) in [7, 11) is -3.21. The third kappa shape index (κ3) is 2.92. The maximum absolute atomic E-state index is 11.3. The van der Waals surface area contributed by atoms with Crippen molar-refractivity contribution in [2.45, 2.75) is 25.2 Å². The summed E-state index contributed by atoms with van der Waals surface area (Å²) in [6.07, 6.45) is 3.25. The van der Waals surface area contributed by atoms with Crippen LogP contribution in [0.2, 0.25) is 0 Å². The number of sulfone groups is 1. The normalized spacial score (nSPS) is 11.4. The predicted molar refractivity (Wildman–Crippen MR) is 57.9 cm³/mol. The van der Waals surface area contributed by atoms with E-state index in [4.69, 9.17) is 4.74 Å². The fourth-order valence-electron chi connectivity index (χ4n) is 1.20. The van der Waals surface area contributed by atoms with E-state index in [2.05, 4.69) is 4.98 Å². The Kier molecular flexibility index (Phi) is 3.68. The molecular formula is C10H15NO3S. The van der Waals surface area contributed by atoms with Crippen LogP contribution in [0.5, 0.6) is 5.75 Å². The molecule has 0 spiro atoms. The Bertz CT molecular complexity index is 440. The number of rotatable bonds is 4. The Morgan fingerprint density at radius 1 is 1.40 bits per heavy atom. The molecule has 0 aliphatic carbocycles. The average Bonchev–Trinajstić information content (AvgIpc) is 2.17. The molecule has 5 heteroatoms. The van der Waals surface area contributed by atoms with Crippen LogP contribution in [0.3, 0.4) is 0 Å². The first-order valence-corrected chi connectivity index (χ1v) is 6.70. The van der Waals surface area contributed by atoms with E-state index in [9.17, 15) is 8.42 Å². The number of aromatic nitrogens is 1. The highest BCUT2D eigenvalue weighted by molar-refractivity contribution is 7.90. The van der Waals surface area contributed by atoms with Gasteiger partial charge in [-0.2, -0.15) is 0 Å². The second-order valence-electron chi connectivity index (χ2n) is 3.17. The molecule has 1 heterocycles. The van der Waals surface area contributed by atoms with Crippen LogP contribution in [0.25, 0.3) is 0 Å². The van der Waals surface area contributed by atoms with Crippen LogP contribution < -0.4 is 4.74 Å². The van der Waals surface area contributed by atoms with Crippen molar-refractivity contribution in [3.8, 4) is 5.75 Å². The lowest BCUT2D eigenvalue weighted by Crippen LogP contribution is -2.03. The van der Waals surface area contributed by atoms with Gasteiger partial charge in [0.1, 0.15) is 5.75 Å². The highest BCUT2D eigenvalue weighted by Gasteiger charge is 2.11. The summed E-state index contributed by atoms with van der Waals surface area (Å²) in [5.74, 6) is 0.558. The van der Waals surface area contributed by atoms with E-state index >= 15 is 0 Å². The smallest absolute Gasteiger partial charge is 0.177 e. The van der Waals surface area contributed by atoms with Gasteiger partial charge in [0.05, 0.1) is 17.2 Å². The van der Waals surface area contributed by atoms with Gasteiger partial charge in [0.15, 0.2) is 9.84 Å². The molecular weight excluding hydrogens is 214 g/mol. The molecule has 0 bridgehead atoms. The molecule has 84 valence electrons. The van der Waals surface area contributed by atoms with Crippen LogP contribution in [0.4, 0.5) is 0 Å². The van der Waals surface area contributed by atoms with Gasteiger partial charge >= 0.3 is 0 Å². The van der Waals surface area contributed by atoms with Crippen LogP contribution >= 0.6 is 0 Å². The number of hydrogen-bond acceptors (Lipinski definition) is 4. The van der Waals surface area contributed by atoms with Gasteiger partial charge < -0.3 is 4.74 Å². The monoisotopic (exact) mass is 229 g/mol. The van der Waals surface area contributed by atoms with Gasteiger partial charge in [0.2, 0.25) is 0 Å². The first kappa shape index (κ1) is 12.0. The SMILES string of the molecule is CCOc1cc(S(C)(=O)=O)cnc1CC. The van der Waals surface area contributed by atoms with E-state index in [1.807, 2.05) is 13.8 Å². The number of pyridine rings is 1. The molecule has 0 aliphatic rings. The summed E-state index contributed by atoms with van der Waals surface area (Å²) in [5, 5.41) is 0. The second-order valence-corrected chi connectivity index (χ2v) is 5.19. The van der Waals surface area contributed by atoms with Crippen molar-refractivity contribution in [3.05, 3.63) is 18.0 Å². The highest BCUT2D eigenvalue weighted by Crippen LogP contribution is 2.21. The third-order valence-corrected chi connectivity index (χ3v) is 3.05. The molecule has 1 rings (SSSR count). The first-order valence-electron chi connectivity index (χ1n) is 4.80. The molecule has 0 aromatic carbocycles. The second kappa shape index (κ2) is 4.61. The summed E-state index contributed by atoms with van der Waals surface area (Å²) in [4.78, 5) is 4.28. The van der Waals surface area contributed by atoms with Gasteiger partial charge in [-0.3, -0.25) is 4.98 Å². The summed E-state index contributed by atoms with van der Waals surface area (Å²) in [6, 6.07) is 1.53. The fraction of sp³-hybridized carbons (Fsp3) is 0.500. The van der Waals surface area contributed by atoms with Gasteiger partial charge in [-0.05, 0) is 13.3 Å². The molecule has 0 aliphatic heterocycles. The molecule has 1 aromatic rings. The minimum Gasteiger partial charge on any atom is -0.492 e. The summed E-state index contributed by atoms with van der Waals surface area (Å²) in [6.45, 7) is 4.30. The predicted octanol–water partition coefficient (Wildman–Crippen LogP) is 1.45. The zero-order valence-corrected chi connectivity index (χ0v) is 9.97. The molecule has 0 saturated carbocycles. The van der Waals surface area contributed by atoms with E-state index < -0.39 is 9.84 Å². The zero-order valence-electron chi connectivity index (χ0n) is 9.15. The van der Waals surface area contributed by atoms with Crippen LogP contribution in [0.1, 0.15) is 19.5 Å². The van der Waals surface area contributed by atoms with Gasteiger partial charge in [-0.1, -0.05) is 6.92 Å². The number of nitrogens with zero attached hydrogens (tertiary/aromatic N) is 1. The van der Waals surface area contributed by atoms with Crippen molar-refractivity contribution in [2.75, 3.05) is 12.9 Å². The maximum atomic E-state index is 11.3. The van der Waals surface area contributed by atoms with Crippen LogP contribution in [-0.4, -0.2) is 26.3 Å². The van der Waals surface area contributed by atoms with Gasteiger partial charge in [0, 0.05) is 18.5 Å². The lowest BCUT2D eigenvalue weighted by molar-refractivity contribution is 0.333. The van der Waals surface area contributed by atoms with Crippen molar-refractivity contribution < 1.29 is 13.2 Å². The maximum Gasteiger partial charge on any atom is 0.177 e. The molecule has 0 amide bonds. The molecule has 15 heavy (non-hydrogen) atoms. The molecule has 0 N–H and O–H groups in total. The topological polar surface area (TPSA) is 56.3 Å². The largest absolute Gasteiger partial charge is 0.492 e. The van der Waals surface area contributed by atoms with Crippen LogP contribution in [0, 0.1) is 0 Å². The van der Waals surface area contributed by atoms with Crippen molar-refractivity contribution in [1.82, 2.24) is 4.98 Å². The summed E-state index contributed by atoms with van der Waals surface area (Å²) < 4.78 is 27.9. The zero-order chi connectivity index (χ0) is 11.5. The Morgan fingerprint density at radius 2 is 2.07 bits per heavy atom. The molecule has 4 nitrogen and oxygen atoms in total. The molecule has 0 saturated heterocycles. The minimum absolute atomic E-state index is 0.197. The van der Waals surface area contributed by atoms with Gasteiger partial charge in [0.25, 0.3) is 0 Å². The van der Waals surface area contributed by atoms with Crippen LogP contribution in [0.15, 0.2) is 17.2 Å². The van der Waals surface area contributed by atoms with Crippen molar-refractivity contribution >= 4 is 9.84 Å². The van der Waals surface area contributed by atoms with Gasteiger partial charge in [-0.15, -0.1) is 0 Å². The molecule has 0 atom stereocenters. The first-order chi connectivity index (χ1) is 6.99. The van der Waals surface area contributed by atoms with Crippen molar-refractivity contribution in [1.29, 1.82) is 0 Å². The standard InChI is InChI=1S/C10H15NO3S/c1-4-9-10(14-5-2)6-8(7-11-9)15(3,12)13/h6-7H,4-5H2,1-3H3. The average molecular weight is 229 g/mol. The Hall–Kier alpha value is -1.10. The summed E-state index contributed by atoms with van der Waals surface area (Å²) in [5.41, 5.74) is 0.782. The Balaban J connectivity index is 3.22. The van der Waals surface area contributed by atoms with Crippen molar-refractivity contribution in [2.24, 2.45) is 0 Å². The third-order valence-electron chi connectivity index (χ3n) is 1.97. The Morgan fingerprint density at radius 3 is 2.53 bits per heavy atom. The van der Waals surface area contributed by atoms with Crippen molar-refractivity contribution in [3.63, 3.8) is 0 Å². The quantitative estimate of drug-likeness (QED) is 0.784. The number of ether oxygens (including phenoxy) is 1. The van der Waals surface area contributed by atoms with E-state index in [-0.39, 0.29) is 4.90 Å². The lowest BCUT2D eigenvalue weighted by Gasteiger charge is -2.08. The van der Waals surface area contributed by atoms with E-state index in [0.29, 0.717) is 12.4 Å². The number of aryl methyl sites for hydroxylation is 1. The van der Waals surface area contributed by atoms with E-state index in [1.165, 1.54) is 12.3 Å². The summed E-state index contributed by atoms with van der Waals surface area (Å²) >= 11 is 0. The molecule has 0 fully saturated rings. The molecule has 0 unspecified atom stereocenters. The highest BCUT2D eigenvalue weighted by atomic mass is 32.2. The lowest BCUT2D eigenvalue weighted by atomic mass is 10.3. The van der Waals surface area contributed by atoms with E-state index in [1.54, 1.807) is 0 Å². The van der Waals surface area contributed by atoms with Gasteiger partial charge in [-0.25, -0.2) is 8.42 Å². The Labute approximate surface area is 90.2 Å². The fourth-order valence-corrected chi connectivity index (χ4v) is 1.77. The van der Waals surface area contributed by atoms with E-state index in [0.717, 1.165) is 18.4 Å². The van der Waals surface area contributed by atoms with Crippen LogP contribution in [-0.2, 0) is 16.3 Å². The minimum atomic E-state index is -3.21.